The monoisotopic (exact) mass is 787 g/mol. The number of ether oxygens (including phenoxy) is 3. The van der Waals surface area contributed by atoms with E-state index in [2.05, 4.69) is 57.2 Å². The molecule has 0 aromatic carbocycles. The van der Waals surface area contributed by atoms with Gasteiger partial charge >= 0.3 is 17.9 Å². The summed E-state index contributed by atoms with van der Waals surface area (Å²) in [7, 11) is 0. The van der Waals surface area contributed by atoms with Gasteiger partial charge in [-0.2, -0.15) is 0 Å². The average Bonchev–Trinajstić information content (AvgIpc) is 3.19. The van der Waals surface area contributed by atoms with E-state index in [-0.39, 0.29) is 31.1 Å². The lowest BCUT2D eigenvalue weighted by Crippen LogP contribution is -2.30. The van der Waals surface area contributed by atoms with Gasteiger partial charge in [0.1, 0.15) is 13.2 Å². The Morgan fingerprint density at radius 3 is 1.12 bits per heavy atom. The number of hydrogen-bond acceptors (Lipinski definition) is 6. The van der Waals surface area contributed by atoms with E-state index in [1.54, 1.807) is 0 Å². The molecule has 0 aromatic rings. The predicted molar refractivity (Wildman–Crippen MR) is 238 cm³/mol. The molecule has 0 aliphatic carbocycles. The summed E-state index contributed by atoms with van der Waals surface area (Å²) in [5.74, 6) is -0.923. The van der Waals surface area contributed by atoms with Crippen molar-refractivity contribution in [2.24, 2.45) is 0 Å². The van der Waals surface area contributed by atoms with Gasteiger partial charge in [-0.3, -0.25) is 14.4 Å². The van der Waals surface area contributed by atoms with Crippen LogP contribution in [0.2, 0.25) is 0 Å². The SMILES string of the molecule is CC/C=C\C/C=C\CCCCC(=O)OCC(COC(=O)CCCCCCCCC/C=C\CCCCCCCCCC)OC(=O)CCCCCCCCCCCC. The fourth-order valence-corrected chi connectivity index (χ4v) is 6.77. The summed E-state index contributed by atoms with van der Waals surface area (Å²) in [6.07, 6.45) is 51.5. The molecule has 0 saturated carbocycles. The molecular weight excluding hydrogens is 697 g/mol. The molecule has 326 valence electrons. The lowest BCUT2D eigenvalue weighted by Gasteiger charge is -2.18. The Kier molecular flexibility index (Phi) is 43.4. The minimum Gasteiger partial charge on any atom is -0.462 e. The van der Waals surface area contributed by atoms with Crippen molar-refractivity contribution >= 4 is 17.9 Å². The van der Waals surface area contributed by atoms with Crippen molar-refractivity contribution < 1.29 is 28.6 Å². The Labute approximate surface area is 346 Å². The van der Waals surface area contributed by atoms with E-state index in [0.29, 0.717) is 19.3 Å². The average molecular weight is 787 g/mol. The normalized spacial score (nSPS) is 12.3. The molecule has 0 N–H and O–H groups in total. The third-order valence-corrected chi connectivity index (χ3v) is 10.4. The molecule has 0 saturated heterocycles. The van der Waals surface area contributed by atoms with E-state index in [4.69, 9.17) is 14.2 Å². The first kappa shape index (κ1) is 53.6. The zero-order valence-electron chi connectivity index (χ0n) is 37.2. The third kappa shape index (κ3) is 42.8. The first-order valence-corrected chi connectivity index (χ1v) is 24.0. The Bertz CT molecular complexity index is 953. The largest absolute Gasteiger partial charge is 0.462 e. The number of carbonyl (C=O) groups excluding carboxylic acids is 3. The highest BCUT2D eigenvalue weighted by molar-refractivity contribution is 5.71. The highest BCUT2D eigenvalue weighted by Crippen LogP contribution is 2.15. The molecule has 1 unspecified atom stereocenters. The van der Waals surface area contributed by atoms with Gasteiger partial charge in [-0.05, 0) is 70.6 Å². The quantitative estimate of drug-likeness (QED) is 0.0265. The maximum absolute atomic E-state index is 12.7. The lowest BCUT2D eigenvalue weighted by atomic mass is 10.1. The van der Waals surface area contributed by atoms with Crippen molar-refractivity contribution in [1.29, 1.82) is 0 Å². The smallest absolute Gasteiger partial charge is 0.306 e. The van der Waals surface area contributed by atoms with Crippen LogP contribution in [0.5, 0.6) is 0 Å². The van der Waals surface area contributed by atoms with Crippen LogP contribution >= 0.6 is 0 Å². The number of esters is 3. The Hall–Kier alpha value is -2.37. The molecule has 0 aliphatic rings. The van der Waals surface area contributed by atoms with Gasteiger partial charge in [-0.25, -0.2) is 0 Å². The van der Waals surface area contributed by atoms with Crippen molar-refractivity contribution in [1.82, 2.24) is 0 Å². The fourth-order valence-electron chi connectivity index (χ4n) is 6.77. The molecule has 56 heavy (non-hydrogen) atoms. The molecule has 0 aliphatic heterocycles. The predicted octanol–water partition coefficient (Wildman–Crippen LogP) is 15.4. The maximum atomic E-state index is 12.7. The molecule has 0 radical (unpaired) electrons. The number of carbonyl (C=O) groups is 3. The number of unbranched alkanes of at least 4 members (excludes halogenated alkanes) is 26. The Morgan fingerprint density at radius 2 is 0.696 bits per heavy atom. The minimum atomic E-state index is -0.780. The van der Waals surface area contributed by atoms with E-state index >= 15 is 0 Å². The second-order valence-electron chi connectivity index (χ2n) is 16.0. The fraction of sp³-hybridized carbons (Fsp3) is 0.820. The summed E-state index contributed by atoms with van der Waals surface area (Å²) in [4.78, 5) is 37.7. The molecule has 0 bridgehead atoms. The third-order valence-electron chi connectivity index (χ3n) is 10.4. The highest BCUT2D eigenvalue weighted by atomic mass is 16.6. The lowest BCUT2D eigenvalue weighted by molar-refractivity contribution is -0.167. The van der Waals surface area contributed by atoms with Crippen molar-refractivity contribution in [2.75, 3.05) is 13.2 Å². The molecule has 6 nitrogen and oxygen atoms in total. The summed E-state index contributed by atoms with van der Waals surface area (Å²) in [5, 5.41) is 0. The van der Waals surface area contributed by atoms with Crippen LogP contribution in [-0.4, -0.2) is 37.2 Å². The summed E-state index contributed by atoms with van der Waals surface area (Å²) in [5.41, 5.74) is 0. The number of hydrogen-bond donors (Lipinski definition) is 0. The van der Waals surface area contributed by atoms with E-state index in [1.807, 2.05) is 0 Å². The van der Waals surface area contributed by atoms with Crippen LogP contribution < -0.4 is 0 Å². The number of allylic oxidation sites excluding steroid dienone is 6. The zero-order valence-corrected chi connectivity index (χ0v) is 37.2. The van der Waals surface area contributed by atoms with Crippen molar-refractivity contribution in [2.45, 2.75) is 252 Å². The summed E-state index contributed by atoms with van der Waals surface area (Å²) < 4.78 is 16.7. The van der Waals surface area contributed by atoms with Crippen LogP contribution in [-0.2, 0) is 28.6 Å². The van der Waals surface area contributed by atoms with E-state index in [9.17, 15) is 14.4 Å². The van der Waals surface area contributed by atoms with Crippen molar-refractivity contribution in [3.8, 4) is 0 Å². The van der Waals surface area contributed by atoms with Gasteiger partial charge in [-0.1, -0.05) is 192 Å². The van der Waals surface area contributed by atoms with Gasteiger partial charge in [0.05, 0.1) is 0 Å². The van der Waals surface area contributed by atoms with Gasteiger partial charge < -0.3 is 14.2 Å². The van der Waals surface area contributed by atoms with Crippen LogP contribution in [0.25, 0.3) is 0 Å². The molecule has 0 rings (SSSR count). The van der Waals surface area contributed by atoms with E-state index < -0.39 is 6.10 Å². The highest BCUT2D eigenvalue weighted by Gasteiger charge is 2.19. The molecular formula is C50H90O6. The van der Waals surface area contributed by atoms with Crippen LogP contribution in [0, 0.1) is 0 Å². The maximum Gasteiger partial charge on any atom is 0.306 e. The van der Waals surface area contributed by atoms with E-state index in [0.717, 1.165) is 70.6 Å². The summed E-state index contributed by atoms with van der Waals surface area (Å²) in [6.45, 7) is 6.47. The van der Waals surface area contributed by atoms with Gasteiger partial charge in [0.25, 0.3) is 0 Å². The zero-order chi connectivity index (χ0) is 40.8. The van der Waals surface area contributed by atoms with Gasteiger partial charge in [0, 0.05) is 19.3 Å². The Balaban J connectivity index is 4.26. The van der Waals surface area contributed by atoms with Crippen molar-refractivity contribution in [3.05, 3.63) is 36.5 Å². The van der Waals surface area contributed by atoms with Gasteiger partial charge in [0.15, 0.2) is 6.10 Å². The molecule has 0 aromatic heterocycles. The van der Waals surface area contributed by atoms with Gasteiger partial charge in [0.2, 0.25) is 0 Å². The summed E-state index contributed by atoms with van der Waals surface area (Å²) >= 11 is 0. The first-order valence-electron chi connectivity index (χ1n) is 24.0. The molecule has 6 heteroatoms. The van der Waals surface area contributed by atoms with E-state index in [1.165, 1.54) is 135 Å². The molecule has 0 heterocycles. The van der Waals surface area contributed by atoms with Crippen LogP contribution in [0.15, 0.2) is 36.5 Å². The summed E-state index contributed by atoms with van der Waals surface area (Å²) in [6, 6.07) is 0. The Morgan fingerprint density at radius 1 is 0.375 bits per heavy atom. The van der Waals surface area contributed by atoms with Gasteiger partial charge in [-0.15, -0.1) is 0 Å². The van der Waals surface area contributed by atoms with Crippen LogP contribution in [0.3, 0.4) is 0 Å². The molecule has 0 amide bonds. The second-order valence-corrected chi connectivity index (χ2v) is 16.0. The second kappa shape index (κ2) is 45.3. The molecule has 0 spiro atoms. The molecule has 0 fully saturated rings. The standard InChI is InChI=1S/C50H90O6/c1-4-7-10-13-16-19-21-22-23-24-25-26-27-28-29-32-34-37-40-43-49(52)55-46-47(45-54-48(51)42-39-36-33-30-18-15-12-9-6-3)56-50(53)44-41-38-35-31-20-17-14-11-8-5-2/h9,12,18,24-25,30,47H,4-8,10-11,13-17,19-23,26-29,31-46H2,1-3H3/b12-9-,25-24-,30-18-. The minimum absolute atomic E-state index is 0.0826. The molecule has 1 atom stereocenters. The number of rotatable bonds is 43. The van der Waals surface area contributed by atoms with Crippen LogP contribution in [0.1, 0.15) is 245 Å². The first-order chi connectivity index (χ1) is 27.5. The van der Waals surface area contributed by atoms with Crippen LogP contribution in [0.4, 0.5) is 0 Å². The topological polar surface area (TPSA) is 78.9 Å². The van der Waals surface area contributed by atoms with Crippen molar-refractivity contribution in [3.63, 3.8) is 0 Å².